The Morgan fingerprint density at radius 1 is 0.742 bits per heavy atom. The Balaban J connectivity index is 1.46. The minimum atomic E-state index is 0.00369. The summed E-state index contributed by atoms with van der Waals surface area (Å²) < 4.78 is 0.465. The van der Waals surface area contributed by atoms with Crippen LogP contribution in [0.1, 0.15) is 96.3 Å². The SMILES string of the molecule is O=C1NCCCN1C1CCNC(=O)[N+]1(CCCC1CCCCC1)CCCC1CCCC1. The molecule has 0 radical (unpaired) electrons. The minimum Gasteiger partial charge on any atom is -0.338 e. The lowest BCUT2D eigenvalue weighted by Gasteiger charge is -2.49. The molecule has 2 atom stereocenters. The average molecular weight is 434 g/mol. The van der Waals surface area contributed by atoms with Crippen molar-refractivity contribution < 1.29 is 14.1 Å². The third-order valence-electron chi connectivity index (χ3n) is 8.66. The lowest BCUT2D eigenvalue weighted by molar-refractivity contribution is -0.891. The quantitative estimate of drug-likeness (QED) is 0.503. The third-order valence-corrected chi connectivity index (χ3v) is 8.66. The van der Waals surface area contributed by atoms with Gasteiger partial charge in [-0.05, 0) is 43.9 Å². The van der Waals surface area contributed by atoms with Gasteiger partial charge in [0.15, 0.2) is 6.17 Å². The van der Waals surface area contributed by atoms with Crippen LogP contribution in [-0.4, -0.2) is 60.3 Å². The Labute approximate surface area is 189 Å². The highest BCUT2D eigenvalue weighted by atomic mass is 16.2. The van der Waals surface area contributed by atoms with E-state index in [1.165, 1.54) is 70.6 Å². The molecule has 0 spiro atoms. The van der Waals surface area contributed by atoms with Crippen molar-refractivity contribution in [2.45, 2.75) is 102 Å². The molecule has 2 unspecified atom stereocenters. The van der Waals surface area contributed by atoms with Gasteiger partial charge in [-0.3, -0.25) is 4.90 Å². The molecule has 2 N–H and O–H groups in total. The standard InChI is InChI=1S/C25H44N4O2/c30-24-26-16-8-18-28(24)23-15-17-27-25(31)29(23,20-7-14-22-11-4-5-12-22)19-6-13-21-9-2-1-3-10-21/h21-23H,1-20H2,(H-,26,27,30,31)/p+1. The predicted molar refractivity (Wildman–Crippen MR) is 124 cm³/mol. The molecule has 2 saturated heterocycles. The summed E-state index contributed by atoms with van der Waals surface area (Å²) >= 11 is 0. The van der Waals surface area contributed by atoms with Crippen molar-refractivity contribution >= 4 is 12.1 Å². The molecular formula is C25H45N4O2+. The minimum absolute atomic E-state index is 0.00369. The van der Waals surface area contributed by atoms with Crippen molar-refractivity contribution in [1.82, 2.24) is 15.5 Å². The van der Waals surface area contributed by atoms with Gasteiger partial charge in [0.1, 0.15) is 0 Å². The molecule has 0 bridgehead atoms. The fourth-order valence-corrected chi connectivity index (χ4v) is 6.91. The first kappa shape index (κ1) is 22.9. The maximum absolute atomic E-state index is 13.5. The first-order valence-electron chi connectivity index (χ1n) is 13.4. The Bertz CT molecular complexity index is 600. The first-order valence-corrected chi connectivity index (χ1v) is 13.4. The molecule has 4 amide bonds. The summed E-state index contributed by atoms with van der Waals surface area (Å²) in [7, 11) is 0. The van der Waals surface area contributed by atoms with E-state index in [2.05, 4.69) is 10.6 Å². The van der Waals surface area contributed by atoms with Gasteiger partial charge in [-0.1, -0.05) is 57.8 Å². The lowest BCUT2D eigenvalue weighted by Crippen LogP contribution is -2.73. The number of hydrogen-bond donors (Lipinski definition) is 2. The number of amides is 4. The normalized spacial score (nSPS) is 31.0. The summed E-state index contributed by atoms with van der Waals surface area (Å²) in [6.45, 7) is 4.02. The molecule has 6 heteroatoms. The van der Waals surface area contributed by atoms with E-state index in [0.717, 1.165) is 63.7 Å². The molecule has 2 saturated carbocycles. The van der Waals surface area contributed by atoms with E-state index in [4.69, 9.17) is 0 Å². The zero-order valence-electron chi connectivity index (χ0n) is 19.6. The molecular weight excluding hydrogens is 388 g/mol. The maximum Gasteiger partial charge on any atom is 0.418 e. The van der Waals surface area contributed by atoms with Crippen molar-refractivity contribution in [2.75, 3.05) is 32.7 Å². The number of nitrogens with zero attached hydrogens (tertiary/aromatic N) is 2. The Hall–Kier alpha value is -1.30. The van der Waals surface area contributed by atoms with E-state index in [-0.39, 0.29) is 18.2 Å². The van der Waals surface area contributed by atoms with Crippen molar-refractivity contribution in [3.05, 3.63) is 0 Å². The molecule has 2 aliphatic heterocycles. The molecule has 4 aliphatic rings. The Morgan fingerprint density at radius 3 is 1.97 bits per heavy atom. The van der Waals surface area contributed by atoms with Crippen molar-refractivity contribution in [2.24, 2.45) is 11.8 Å². The van der Waals surface area contributed by atoms with Crippen molar-refractivity contribution in [3.8, 4) is 0 Å². The number of hydrogen-bond acceptors (Lipinski definition) is 2. The summed E-state index contributed by atoms with van der Waals surface area (Å²) in [5, 5.41) is 6.23. The van der Waals surface area contributed by atoms with Crippen LogP contribution in [0.3, 0.4) is 0 Å². The highest BCUT2D eigenvalue weighted by Gasteiger charge is 2.50. The predicted octanol–water partition coefficient (Wildman–Crippen LogP) is 4.99. The van der Waals surface area contributed by atoms with Crippen LogP contribution in [0, 0.1) is 11.8 Å². The van der Waals surface area contributed by atoms with Gasteiger partial charge in [-0.2, -0.15) is 0 Å². The molecule has 0 aromatic rings. The molecule has 0 aromatic heterocycles. The van der Waals surface area contributed by atoms with Crippen LogP contribution >= 0.6 is 0 Å². The van der Waals surface area contributed by atoms with Gasteiger partial charge < -0.3 is 10.6 Å². The molecule has 176 valence electrons. The fourth-order valence-electron chi connectivity index (χ4n) is 6.91. The van der Waals surface area contributed by atoms with E-state index in [9.17, 15) is 9.59 Å². The lowest BCUT2D eigenvalue weighted by atomic mass is 9.86. The van der Waals surface area contributed by atoms with Crippen LogP contribution in [0.4, 0.5) is 9.59 Å². The van der Waals surface area contributed by atoms with Crippen LogP contribution in [0.2, 0.25) is 0 Å². The summed E-state index contributed by atoms with van der Waals surface area (Å²) in [6, 6.07) is 0.209. The van der Waals surface area contributed by atoms with Crippen LogP contribution < -0.4 is 10.6 Å². The van der Waals surface area contributed by atoms with Gasteiger partial charge in [0.2, 0.25) is 0 Å². The van der Waals surface area contributed by atoms with E-state index in [0.29, 0.717) is 11.0 Å². The number of urea groups is 2. The number of carbonyl (C=O) groups excluding carboxylic acids is 2. The topological polar surface area (TPSA) is 61.4 Å². The van der Waals surface area contributed by atoms with E-state index in [1.54, 1.807) is 0 Å². The van der Waals surface area contributed by atoms with Crippen LogP contribution in [-0.2, 0) is 0 Å². The Morgan fingerprint density at radius 2 is 1.35 bits per heavy atom. The molecule has 31 heavy (non-hydrogen) atoms. The van der Waals surface area contributed by atoms with E-state index >= 15 is 0 Å². The van der Waals surface area contributed by atoms with Crippen LogP contribution in [0.15, 0.2) is 0 Å². The van der Waals surface area contributed by atoms with Gasteiger partial charge in [0.05, 0.1) is 13.1 Å². The number of nitrogens with one attached hydrogen (secondary N) is 2. The van der Waals surface area contributed by atoms with Gasteiger partial charge in [-0.15, -0.1) is 0 Å². The second kappa shape index (κ2) is 11.0. The fraction of sp³-hybridized carbons (Fsp3) is 0.920. The summed E-state index contributed by atoms with van der Waals surface area (Å²) in [4.78, 5) is 28.3. The molecule has 0 aromatic carbocycles. The van der Waals surface area contributed by atoms with Crippen LogP contribution in [0.5, 0.6) is 0 Å². The smallest absolute Gasteiger partial charge is 0.338 e. The molecule has 2 aliphatic carbocycles. The molecule has 6 nitrogen and oxygen atoms in total. The first-order chi connectivity index (χ1) is 15.2. The highest BCUT2D eigenvalue weighted by molar-refractivity contribution is 5.76. The average Bonchev–Trinajstić information content (AvgIpc) is 3.30. The van der Waals surface area contributed by atoms with Crippen molar-refractivity contribution in [1.29, 1.82) is 0 Å². The van der Waals surface area contributed by atoms with Gasteiger partial charge in [-0.25, -0.2) is 14.1 Å². The van der Waals surface area contributed by atoms with Crippen molar-refractivity contribution in [3.63, 3.8) is 0 Å². The number of quaternary nitrogens is 1. The molecule has 2 heterocycles. The maximum atomic E-state index is 13.5. The zero-order valence-corrected chi connectivity index (χ0v) is 19.6. The number of rotatable bonds is 9. The summed E-state index contributed by atoms with van der Waals surface area (Å²) in [6.07, 6.45) is 18.9. The highest BCUT2D eigenvalue weighted by Crippen LogP contribution is 2.33. The summed E-state index contributed by atoms with van der Waals surface area (Å²) in [5.74, 6) is 1.70. The third kappa shape index (κ3) is 5.55. The second-order valence-corrected chi connectivity index (χ2v) is 10.7. The van der Waals surface area contributed by atoms with Gasteiger partial charge >= 0.3 is 12.1 Å². The molecule has 4 fully saturated rings. The molecule has 4 rings (SSSR count). The largest absolute Gasteiger partial charge is 0.418 e. The monoisotopic (exact) mass is 433 g/mol. The Kier molecular flexibility index (Phi) is 8.13. The second-order valence-electron chi connectivity index (χ2n) is 10.7. The number of carbonyl (C=O) groups is 2. The summed E-state index contributed by atoms with van der Waals surface area (Å²) in [5.41, 5.74) is 0. The van der Waals surface area contributed by atoms with E-state index < -0.39 is 0 Å². The van der Waals surface area contributed by atoms with E-state index in [1.807, 2.05) is 4.90 Å². The van der Waals surface area contributed by atoms with Gasteiger partial charge in [0.25, 0.3) is 0 Å². The van der Waals surface area contributed by atoms with Crippen LogP contribution in [0.25, 0.3) is 0 Å². The van der Waals surface area contributed by atoms with Gasteiger partial charge in [0, 0.05) is 26.1 Å². The zero-order chi connectivity index (χ0) is 21.5.